The maximum Gasteiger partial charge on any atom is 0.253 e. The lowest BCUT2D eigenvalue weighted by Gasteiger charge is -2.56. The summed E-state index contributed by atoms with van der Waals surface area (Å²) in [6, 6.07) is 5.43. The highest BCUT2D eigenvalue weighted by Crippen LogP contribution is 2.59. The molecule has 4 aliphatic carbocycles. The van der Waals surface area contributed by atoms with Crippen LogP contribution in [0, 0.1) is 23.2 Å². The summed E-state index contributed by atoms with van der Waals surface area (Å²) in [6.07, 6.45) is 10.2. The first-order valence-corrected chi connectivity index (χ1v) is 11.6. The summed E-state index contributed by atoms with van der Waals surface area (Å²) in [6.45, 7) is 0.630. The number of carbonyl (C=O) groups excluding carboxylic acids is 2. The van der Waals surface area contributed by atoms with Gasteiger partial charge in [-0.2, -0.15) is 5.10 Å². The minimum atomic E-state index is -0.448. The Labute approximate surface area is 182 Å². The van der Waals surface area contributed by atoms with Crippen LogP contribution in [0.2, 0.25) is 0 Å². The van der Waals surface area contributed by atoms with E-state index in [1.165, 1.54) is 38.5 Å². The first kappa shape index (κ1) is 20.5. The van der Waals surface area contributed by atoms with Crippen LogP contribution in [0.4, 0.5) is 4.39 Å². The lowest BCUT2D eigenvalue weighted by molar-refractivity contribution is -0.120. The summed E-state index contributed by atoms with van der Waals surface area (Å²) in [5, 5.41) is 10.4. The van der Waals surface area contributed by atoms with Crippen LogP contribution >= 0.6 is 0 Å². The molecule has 0 atom stereocenters. The third-order valence-corrected chi connectivity index (χ3v) is 7.56. The van der Waals surface area contributed by atoms with Gasteiger partial charge >= 0.3 is 0 Å². The van der Waals surface area contributed by atoms with Gasteiger partial charge in [0.25, 0.3) is 5.91 Å². The Morgan fingerprint density at radius 1 is 1.13 bits per heavy atom. The summed E-state index contributed by atoms with van der Waals surface area (Å²) < 4.78 is 13.9. The van der Waals surface area contributed by atoms with Gasteiger partial charge in [0.1, 0.15) is 0 Å². The van der Waals surface area contributed by atoms with E-state index in [1.54, 1.807) is 16.8 Å². The molecule has 6 rings (SSSR count). The second kappa shape index (κ2) is 8.24. The zero-order valence-electron chi connectivity index (χ0n) is 17.9. The Bertz CT molecular complexity index is 950. The molecule has 4 bridgehead atoms. The van der Waals surface area contributed by atoms with Crippen molar-refractivity contribution in [2.45, 2.75) is 51.4 Å². The number of halogens is 1. The molecule has 2 heterocycles. The van der Waals surface area contributed by atoms with Gasteiger partial charge < -0.3 is 10.6 Å². The van der Waals surface area contributed by atoms with Crippen LogP contribution in [0.1, 0.15) is 61.0 Å². The predicted octanol–water partition coefficient (Wildman–Crippen LogP) is 3.30. The van der Waals surface area contributed by atoms with Gasteiger partial charge in [-0.25, -0.2) is 4.52 Å². The number of fused-ring (bicyclic) bond motifs is 1. The van der Waals surface area contributed by atoms with Gasteiger partial charge in [-0.1, -0.05) is 0 Å². The second-order valence-corrected chi connectivity index (χ2v) is 10.1. The molecule has 0 aliphatic heterocycles. The number of nitrogens with zero attached hydrogens (tertiary/aromatic N) is 2. The molecule has 0 unspecified atom stereocenters. The summed E-state index contributed by atoms with van der Waals surface area (Å²) in [5.41, 5.74) is 2.18. The van der Waals surface area contributed by atoms with Crippen molar-refractivity contribution in [1.29, 1.82) is 0 Å². The second-order valence-electron chi connectivity index (χ2n) is 10.1. The van der Waals surface area contributed by atoms with Crippen LogP contribution in [-0.4, -0.2) is 41.2 Å². The van der Waals surface area contributed by atoms with Crippen LogP contribution in [0.3, 0.4) is 0 Å². The van der Waals surface area contributed by atoms with Gasteiger partial charge in [-0.3, -0.25) is 14.0 Å². The molecule has 0 saturated heterocycles. The van der Waals surface area contributed by atoms with Crippen molar-refractivity contribution in [3.8, 4) is 0 Å². The van der Waals surface area contributed by atoms with Crippen LogP contribution in [0.15, 0.2) is 24.4 Å². The van der Waals surface area contributed by atoms with Crippen LogP contribution in [0.25, 0.3) is 5.52 Å². The monoisotopic (exact) mass is 426 g/mol. The molecular weight excluding hydrogens is 395 g/mol. The molecule has 0 radical (unpaired) electrons. The third-order valence-electron chi connectivity index (χ3n) is 7.56. The molecule has 2 aromatic rings. The molecule has 2 N–H and O–H groups in total. The number of nitrogens with one attached hydrogen (secondary N) is 2. The average molecular weight is 427 g/mol. The molecule has 4 fully saturated rings. The van der Waals surface area contributed by atoms with Crippen LogP contribution < -0.4 is 10.6 Å². The fraction of sp³-hybridized carbons (Fsp3) is 0.625. The quantitative estimate of drug-likeness (QED) is 0.636. The molecule has 2 aromatic heterocycles. The van der Waals surface area contributed by atoms with E-state index >= 15 is 0 Å². The largest absolute Gasteiger partial charge is 0.356 e. The number of hydrogen-bond acceptors (Lipinski definition) is 3. The summed E-state index contributed by atoms with van der Waals surface area (Å²) in [4.78, 5) is 25.1. The minimum absolute atomic E-state index is 0.0693. The van der Waals surface area contributed by atoms with E-state index in [0.29, 0.717) is 35.2 Å². The Kier molecular flexibility index (Phi) is 5.44. The molecule has 31 heavy (non-hydrogen) atoms. The smallest absolute Gasteiger partial charge is 0.253 e. The zero-order valence-corrected chi connectivity index (χ0v) is 17.9. The maximum absolute atomic E-state index is 13.1. The van der Waals surface area contributed by atoms with Crippen LogP contribution in [0.5, 0.6) is 0 Å². The highest BCUT2D eigenvalue weighted by Gasteiger charge is 2.50. The van der Waals surface area contributed by atoms with E-state index in [9.17, 15) is 14.0 Å². The van der Waals surface area contributed by atoms with E-state index in [4.69, 9.17) is 0 Å². The first-order valence-electron chi connectivity index (χ1n) is 11.6. The molecule has 4 saturated carbocycles. The first-order chi connectivity index (χ1) is 15.0. The number of rotatable bonds is 8. The molecule has 2 amide bonds. The van der Waals surface area contributed by atoms with Crippen molar-refractivity contribution in [2.75, 3.05) is 19.8 Å². The van der Waals surface area contributed by atoms with Crippen molar-refractivity contribution < 1.29 is 14.0 Å². The van der Waals surface area contributed by atoms with Crippen molar-refractivity contribution in [1.82, 2.24) is 20.2 Å². The summed E-state index contributed by atoms with van der Waals surface area (Å²) >= 11 is 0. The van der Waals surface area contributed by atoms with Gasteiger partial charge in [0, 0.05) is 19.3 Å². The number of carbonyl (C=O) groups is 2. The fourth-order valence-corrected chi connectivity index (χ4v) is 6.74. The Hall–Kier alpha value is -2.44. The number of hydrogen-bond donors (Lipinski definition) is 2. The van der Waals surface area contributed by atoms with Crippen molar-refractivity contribution in [3.05, 3.63) is 35.7 Å². The molecule has 4 aliphatic rings. The topological polar surface area (TPSA) is 75.5 Å². The fourth-order valence-electron chi connectivity index (χ4n) is 6.74. The Morgan fingerprint density at radius 2 is 1.84 bits per heavy atom. The number of pyridine rings is 1. The molecule has 7 heteroatoms. The van der Waals surface area contributed by atoms with E-state index in [2.05, 4.69) is 15.7 Å². The highest BCUT2D eigenvalue weighted by atomic mass is 19.1. The van der Waals surface area contributed by atoms with Crippen molar-refractivity contribution in [2.24, 2.45) is 23.2 Å². The van der Waals surface area contributed by atoms with E-state index in [-0.39, 0.29) is 18.2 Å². The van der Waals surface area contributed by atoms with E-state index in [1.807, 2.05) is 12.1 Å². The van der Waals surface area contributed by atoms with Gasteiger partial charge in [0.2, 0.25) is 5.91 Å². The molecule has 0 spiro atoms. The number of amides is 2. The summed E-state index contributed by atoms with van der Waals surface area (Å²) in [5.74, 6) is 2.32. The standard InChI is InChI=1S/C24H31FN4O2/c25-4-2-5-26-22(30)11-19-10-21-20(3-1-6-29(21)28-19)23(31)27-15-24-12-16-7-17(13-24)9-18(8-16)14-24/h1,3,6,10,16-18H,2,4-5,7-9,11-15H2,(H,26,30)(H,27,31). The minimum Gasteiger partial charge on any atom is -0.356 e. The van der Waals surface area contributed by atoms with Gasteiger partial charge in [0.05, 0.1) is 29.9 Å². The van der Waals surface area contributed by atoms with Crippen molar-refractivity contribution in [3.63, 3.8) is 0 Å². The summed E-state index contributed by atoms with van der Waals surface area (Å²) in [7, 11) is 0. The van der Waals surface area contributed by atoms with Gasteiger partial charge in [-0.05, 0) is 86.3 Å². The maximum atomic E-state index is 13.1. The lowest BCUT2D eigenvalue weighted by Crippen LogP contribution is -2.51. The lowest BCUT2D eigenvalue weighted by atomic mass is 9.49. The molecule has 0 aromatic carbocycles. The Balaban J connectivity index is 1.26. The average Bonchev–Trinajstić information content (AvgIpc) is 3.13. The predicted molar refractivity (Wildman–Crippen MR) is 115 cm³/mol. The van der Waals surface area contributed by atoms with E-state index in [0.717, 1.165) is 24.3 Å². The Morgan fingerprint density at radius 3 is 2.52 bits per heavy atom. The van der Waals surface area contributed by atoms with Gasteiger partial charge in [-0.15, -0.1) is 0 Å². The van der Waals surface area contributed by atoms with Crippen LogP contribution in [-0.2, 0) is 11.2 Å². The molecular formula is C24H31FN4O2. The molecule has 6 nitrogen and oxygen atoms in total. The highest BCUT2D eigenvalue weighted by molar-refractivity contribution is 6.00. The van der Waals surface area contributed by atoms with Gasteiger partial charge in [0.15, 0.2) is 0 Å². The number of aromatic nitrogens is 2. The molecule has 166 valence electrons. The number of alkyl halides is 1. The zero-order chi connectivity index (χ0) is 21.4. The normalized spacial score (nSPS) is 28.7. The van der Waals surface area contributed by atoms with Crippen molar-refractivity contribution >= 4 is 17.3 Å². The third kappa shape index (κ3) is 4.19. The SMILES string of the molecule is O=C(Cc1cc2c(C(=O)NCC34CC5CC(CC(C5)C3)C4)cccn2n1)NCCCF. The van der Waals surface area contributed by atoms with E-state index < -0.39 is 6.67 Å².